The summed E-state index contributed by atoms with van der Waals surface area (Å²) in [5.41, 5.74) is 1.74. The summed E-state index contributed by atoms with van der Waals surface area (Å²) < 4.78 is 5.30. The molecular formula is C12H9NO. The van der Waals surface area contributed by atoms with Gasteiger partial charge in [0.1, 0.15) is 0 Å². The van der Waals surface area contributed by atoms with Gasteiger partial charge in [-0.2, -0.15) is 0 Å². The summed E-state index contributed by atoms with van der Waals surface area (Å²) in [6.07, 6.45) is 1.68. The minimum absolute atomic E-state index is 0.723. The Morgan fingerprint density at radius 3 is 2.64 bits per heavy atom. The molecular weight excluding hydrogens is 174 g/mol. The summed E-state index contributed by atoms with van der Waals surface area (Å²) in [4.78, 5) is 4.40. The van der Waals surface area contributed by atoms with Gasteiger partial charge in [0.15, 0.2) is 0 Å². The molecule has 0 unspecified atom stereocenters. The van der Waals surface area contributed by atoms with Crippen molar-refractivity contribution in [1.29, 1.82) is 0 Å². The lowest BCUT2D eigenvalue weighted by Crippen LogP contribution is -1.84. The molecule has 0 atom stereocenters. The molecule has 1 aromatic carbocycles. The number of benzene rings is 1. The third-order valence-corrected chi connectivity index (χ3v) is 2.52. The largest absolute Gasteiger partial charge is 0.446 e. The molecule has 0 aliphatic rings. The number of furan rings is 1. The minimum atomic E-state index is 0.723. The minimum Gasteiger partial charge on any atom is -0.446 e. The molecule has 14 heavy (non-hydrogen) atoms. The average molecular weight is 183 g/mol. The molecule has 0 aliphatic carbocycles. The van der Waals surface area contributed by atoms with Crippen LogP contribution in [-0.2, 0) is 0 Å². The molecule has 0 saturated carbocycles. The van der Waals surface area contributed by atoms with Gasteiger partial charge in [-0.25, -0.2) is 4.98 Å². The van der Waals surface area contributed by atoms with Crippen LogP contribution in [0.1, 0.15) is 5.69 Å². The zero-order chi connectivity index (χ0) is 9.54. The molecule has 0 amide bonds. The SMILES string of the molecule is Cc1nc2occc2c2ccccc12. The molecule has 3 aromatic rings. The molecule has 2 aromatic heterocycles. The van der Waals surface area contributed by atoms with Gasteiger partial charge in [0.2, 0.25) is 5.71 Å². The number of aryl methyl sites for hydroxylation is 1. The van der Waals surface area contributed by atoms with Gasteiger partial charge in [0.25, 0.3) is 0 Å². The number of pyridine rings is 1. The van der Waals surface area contributed by atoms with E-state index in [-0.39, 0.29) is 0 Å². The third-order valence-electron chi connectivity index (χ3n) is 2.52. The van der Waals surface area contributed by atoms with Crippen LogP contribution in [0.2, 0.25) is 0 Å². The first-order valence-corrected chi connectivity index (χ1v) is 4.59. The summed E-state index contributed by atoms with van der Waals surface area (Å²) in [6, 6.07) is 10.2. The fourth-order valence-corrected chi connectivity index (χ4v) is 1.84. The molecule has 0 radical (unpaired) electrons. The molecule has 0 spiro atoms. The van der Waals surface area contributed by atoms with Crippen molar-refractivity contribution in [3.63, 3.8) is 0 Å². The summed E-state index contributed by atoms with van der Waals surface area (Å²) in [7, 11) is 0. The van der Waals surface area contributed by atoms with Gasteiger partial charge < -0.3 is 4.42 Å². The van der Waals surface area contributed by atoms with Crippen molar-refractivity contribution in [2.75, 3.05) is 0 Å². The van der Waals surface area contributed by atoms with E-state index >= 15 is 0 Å². The molecule has 2 heteroatoms. The van der Waals surface area contributed by atoms with Crippen molar-refractivity contribution in [2.45, 2.75) is 6.92 Å². The first kappa shape index (κ1) is 7.56. The molecule has 0 N–H and O–H groups in total. The van der Waals surface area contributed by atoms with Gasteiger partial charge in [-0.3, -0.25) is 0 Å². The van der Waals surface area contributed by atoms with E-state index in [1.165, 1.54) is 10.8 Å². The summed E-state index contributed by atoms with van der Waals surface area (Å²) in [5, 5.41) is 3.50. The van der Waals surface area contributed by atoms with Crippen molar-refractivity contribution in [1.82, 2.24) is 4.98 Å². The first-order chi connectivity index (χ1) is 6.86. The van der Waals surface area contributed by atoms with E-state index < -0.39 is 0 Å². The van der Waals surface area contributed by atoms with Crippen molar-refractivity contribution in [3.8, 4) is 0 Å². The van der Waals surface area contributed by atoms with Crippen LogP contribution < -0.4 is 0 Å². The number of rotatable bonds is 0. The van der Waals surface area contributed by atoms with Gasteiger partial charge in [0.05, 0.1) is 6.26 Å². The van der Waals surface area contributed by atoms with E-state index in [1.54, 1.807) is 6.26 Å². The lowest BCUT2D eigenvalue weighted by atomic mass is 10.1. The van der Waals surface area contributed by atoms with Crippen molar-refractivity contribution in [3.05, 3.63) is 42.3 Å². The Bertz CT molecular complexity index is 610. The molecule has 0 saturated heterocycles. The lowest BCUT2D eigenvalue weighted by Gasteiger charge is -2.01. The van der Waals surface area contributed by atoms with Crippen LogP contribution in [0.5, 0.6) is 0 Å². The van der Waals surface area contributed by atoms with Crippen molar-refractivity contribution < 1.29 is 4.42 Å². The average Bonchev–Trinajstić information content (AvgIpc) is 2.66. The predicted molar refractivity (Wildman–Crippen MR) is 56.3 cm³/mol. The number of aromatic nitrogens is 1. The maximum Gasteiger partial charge on any atom is 0.226 e. The zero-order valence-electron chi connectivity index (χ0n) is 7.82. The van der Waals surface area contributed by atoms with Crippen LogP contribution >= 0.6 is 0 Å². The molecule has 0 aliphatic heterocycles. The van der Waals surface area contributed by atoms with E-state index in [0.29, 0.717) is 0 Å². The highest BCUT2D eigenvalue weighted by Crippen LogP contribution is 2.26. The lowest BCUT2D eigenvalue weighted by molar-refractivity contribution is 0.602. The fourth-order valence-electron chi connectivity index (χ4n) is 1.84. The highest BCUT2D eigenvalue weighted by Gasteiger charge is 2.05. The van der Waals surface area contributed by atoms with Crippen LogP contribution in [-0.4, -0.2) is 4.98 Å². The maximum atomic E-state index is 5.30. The molecule has 68 valence electrons. The van der Waals surface area contributed by atoms with E-state index in [1.807, 2.05) is 25.1 Å². The molecule has 2 heterocycles. The zero-order valence-corrected chi connectivity index (χ0v) is 7.82. The second-order valence-electron chi connectivity index (χ2n) is 3.38. The van der Waals surface area contributed by atoms with Gasteiger partial charge in [-0.05, 0) is 18.4 Å². The maximum absolute atomic E-state index is 5.30. The van der Waals surface area contributed by atoms with Gasteiger partial charge in [0, 0.05) is 16.5 Å². The predicted octanol–water partition coefficient (Wildman–Crippen LogP) is 3.29. The third kappa shape index (κ3) is 0.880. The van der Waals surface area contributed by atoms with Gasteiger partial charge in [-0.15, -0.1) is 0 Å². The van der Waals surface area contributed by atoms with E-state index in [9.17, 15) is 0 Å². The number of nitrogens with zero attached hydrogens (tertiary/aromatic N) is 1. The Balaban J connectivity index is 2.67. The second kappa shape index (κ2) is 2.58. The van der Waals surface area contributed by atoms with Gasteiger partial charge in [-0.1, -0.05) is 24.3 Å². The highest BCUT2D eigenvalue weighted by molar-refractivity contribution is 6.04. The Hall–Kier alpha value is -1.83. The normalized spacial score (nSPS) is 11.2. The Kier molecular flexibility index (Phi) is 1.39. The quantitative estimate of drug-likeness (QED) is 0.534. The summed E-state index contributed by atoms with van der Waals surface area (Å²) in [6.45, 7) is 2.00. The monoisotopic (exact) mass is 183 g/mol. The second-order valence-corrected chi connectivity index (χ2v) is 3.38. The molecule has 2 nitrogen and oxygen atoms in total. The Morgan fingerprint density at radius 2 is 1.79 bits per heavy atom. The Morgan fingerprint density at radius 1 is 1.00 bits per heavy atom. The fraction of sp³-hybridized carbons (Fsp3) is 0.0833. The number of hydrogen-bond donors (Lipinski definition) is 0. The van der Waals surface area contributed by atoms with E-state index in [0.717, 1.165) is 16.8 Å². The van der Waals surface area contributed by atoms with Crippen LogP contribution in [0, 0.1) is 6.92 Å². The smallest absolute Gasteiger partial charge is 0.226 e. The van der Waals surface area contributed by atoms with Crippen LogP contribution in [0.3, 0.4) is 0 Å². The summed E-state index contributed by atoms with van der Waals surface area (Å²) in [5.74, 6) is 0. The van der Waals surface area contributed by atoms with Crippen LogP contribution in [0.15, 0.2) is 41.0 Å². The number of hydrogen-bond acceptors (Lipinski definition) is 2. The van der Waals surface area contributed by atoms with Gasteiger partial charge >= 0.3 is 0 Å². The standard InChI is InChI=1S/C12H9NO/c1-8-9-4-2-3-5-10(9)11-6-7-14-12(11)13-8/h2-7H,1H3. The highest BCUT2D eigenvalue weighted by atomic mass is 16.3. The van der Waals surface area contributed by atoms with E-state index in [4.69, 9.17) is 4.42 Å². The first-order valence-electron chi connectivity index (χ1n) is 4.59. The topological polar surface area (TPSA) is 26.0 Å². The summed E-state index contributed by atoms with van der Waals surface area (Å²) >= 11 is 0. The van der Waals surface area contributed by atoms with E-state index in [2.05, 4.69) is 17.1 Å². The van der Waals surface area contributed by atoms with Crippen LogP contribution in [0.4, 0.5) is 0 Å². The molecule has 0 bridgehead atoms. The number of fused-ring (bicyclic) bond motifs is 3. The molecule has 0 fully saturated rings. The van der Waals surface area contributed by atoms with Crippen LogP contribution in [0.25, 0.3) is 21.9 Å². The molecule has 3 rings (SSSR count). The Labute approximate surface area is 81.2 Å². The van der Waals surface area contributed by atoms with Crippen molar-refractivity contribution in [2.24, 2.45) is 0 Å². The van der Waals surface area contributed by atoms with Crippen molar-refractivity contribution >= 4 is 21.9 Å².